The summed E-state index contributed by atoms with van der Waals surface area (Å²) < 4.78 is 4.76. The zero-order valence-electron chi connectivity index (χ0n) is 9.75. The van der Waals surface area contributed by atoms with E-state index in [1.54, 1.807) is 0 Å². The van der Waals surface area contributed by atoms with Gasteiger partial charge in [0.2, 0.25) is 0 Å². The molecule has 0 aromatic heterocycles. The van der Waals surface area contributed by atoms with Crippen LogP contribution in [-0.4, -0.2) is 13.1 Å². The molecule has 0 saturated carbocycles. The van der Waals surface area contributed by atoms with Crippen LogP contribution in [0.5, 0.6) is 0 Å². The lowest BCUT2D eigenvalue weighted by Crippen LogP contribution is -2.12. The molecule has 0 radical (unpaired) electrons. The molecular weight excluding hydrogens is 238 g/mol. The van der Waals surface area contributed by atoms with Crippen LogP contribution in [0.15, 0.2) is 18.2 Å². The van der Waals surface area contributed by atoms with E-state index in [9.17, 15) is 4.79 Å². The van der Waals surface area contributed by atoms with Crippen molar-refractivity contribution in [2.75, 3.05) is 7.11 Å². The molecule has 0 bridgehead atoms. The highest BCUT2D eigenvalue weighted by molar-refractivity contribution is 8.06. The molecule has 0 spiro atoms. The van der Waals surface area contributed by atoms with Crippen molar-refractivity contribution in [3.63, 3.8) is 0 Å². The second kappa shape index (κ2) is 6.99. The van der Waals surface area contributed by atoms with E-state index in [1.165, 1.54) is 25.5 Å². The van der Waals surface area contributed by atoms with Gasteiger partial charge in [-0.1, -0.05) is 33.7 Å². The van der Waals surface area contributed by atoms with Gasteiger partial charge in [0.15, 0.2) is 0 Å². The van der Waals surface area contributed by atoms with Gasteiger partial charge < -0.3 is 4.74 Å². The summed E-state index contributed by atoms with van der Waals surface area (Å²) in [6.07, 6.45) is 3.47. The Morgan fingerprint density at radius 1 is 1.50 bits per heavy atom. The summed E-state index contributed by atoms with van der Waals surface area (Å²) in [4.78, 5) is 11.5. The predicted octanol–water partition coefficient (Wildman–Crippen LogP) is 2.91. The van der Waals surface area contributed by atoms with E-state index in [0.29, 0.717) is 13.8 Å². The average molecular weight is 256 g/mol. The van der Waals surface area contributed by atoms with Crippen molar-refractivity contribution < 1.29 is 9.53 Å². The van der Waals surface area contributed by atoms with Crippen LogP contribution in [0, 0.1) is 0 Å². The molecule has 1 aromatic rings. The first-order valence-corrected chi connectivity index (χ1v) is 8.21. The number of hydrogen-bond acceptors (Lipinski definition) is 2. The third kappa shape index (κ3) is 3.54. The molecule has 0 heterocycles. The highest BCUT2D eigenvalue weighted by atomic mass is 32.0. The lowest BCUT2D eigenvalue weighted by Gasteiger charge is -2.08. The van der Waals surface area contributed by atoms with Crippen molar-refractivity contribution in [2.24, 2.45) is 0 Å². The van der Waals surface area contributed by atoms with Gasteiger partial charge in [0, 0.05) is 0 Å². The molecule has 16 heavy (non-hydrogen) atoms. The molecule has 0 saturated heterocycles. The van der Waals surface area contributed by atoms with Crippen molar-refractivity contribution >= 4 is 28.5 Å². The molecule has 0 fully saturated rings. The third-order valence-electron chi connectivity index (χ3n) is 2.46. The van der Waals surface area contributed by atoms with Gasteiger partial charge >= 0.3 is 5.97 Å². The van der Waals surface area contributed by atoms with Gasteiger partial charge in [-0.2, -0.15) is 0 Å². The second-order valence-electron chi connectivity index (χ2n) is 3.62. The minimum Gasteiger partial charge on any atom is -0.465 e. The molecule has 0 aliphatic carbocycles. The van der Waals surface area contributed by atoms with Gasteiger partial charge in [-0.3, -0.25) is 0 Å². The van der Waals surface area contributed by atoms with E-state index in [4.69, 9.17) is 4.74 Å². The zero-order valence-corrected chi connectivity index (χ0v) is 11.9. The first-order valence-electron chi connectivity index (χ1n) is 5.40. The van der Waals surface area contributed by atoms with Crippen molar-refractivity contribution in [2.45, 2.75) is 26.2 Å². The number of carbonyl (C=O) groups is 1. The number of benzene rings is 1. The van der Waals surface area contributed by atoms with E-state index in [-0.39, 0.29) is 5.97 Å². The molecule has 1 aromatic carbocycles. The smallest absolute Gasteiger partial charge is 0.338 e. The van der Waals surface area contributed by atoms with Crippen LogP contribution in [0.4, 0.5) is 0 Å². The monoisotopic (exact) mass is 256 g/mol. The quantitative estimate of drug-likeness (QED) is 0.598. The van der Waals surface area contributed by atoms with E-state index in [1.807, 2.05) is 12.1 Å². The summed E-state index contributed by atoms with van der Waals surface area (Å²) in [6, 6.07) is 6.02. The molecule has 0 aliphatic rings. The average Bonchev–Trinajstić information content (AvgIpc) is 2.34. The summed E-state index contributed by atoms with van der Waals surface area (Å²) in [5.41, 5.74) is 2.00. The normalized spacial score (nSPS) is 10.9. The summed E-state index contributed by atoms with van der Waals surface area (Å²) >= 11 is 0. The number of esters is 1. The number of carbonyl (C=O) groups excluding carboxylic acids is 1. The fraction of sp³-hybridized carbons (Fsp3) is 0.417. The molecule has 2 nitrogen and oxygen atoms in total. The van der Waals surface area contributed by atoms with Crippen LogP contribution < -0.4 is 5.30 Å². The van der Waals surface area contributed by atoms with Crippen LogP contribution in [-0.2, 0) is 11.2 Å². The maximum atomic E-state index is 11.5. The molecular formula is C12H18O2P2. The van der Waals surface area contributed by atoms with Crippen LogP contribution in [0.25, 0.3) is 0 Å². The molecule has 0 N–H and O–H groups in total. The van der Waals surface area contributed by atoms with Gasteiger partial charge in [-0.15, -0.1) is 8.93 Å². The molecule has 0 aliphatic heterocycles. The third-order valence-corrected chi connectivity index (χ3v) is 4.12. The van der Waals surface area contributed by atoms with Gasteiger partial charge in [-0.25, -0.2) is 4.79 Å². The van der Waals surface area contributed by atoms with Crippen molar-refractivity contribution in [3.05, 3.63) is 29.3 Å². The number of hydrogen-bond donors (Lipinski definition) is 0. The van der Waals surface area contributed by atoms with Crippen molar-refractivity contribution in [1.82, 2.24) is 0 Å². The Hall–Kier alpha value is -0.450. The van der Waals surface area contributed by atoms with Crippen molar-refractivity contribution in [3.8, 4) is 0 Å². The Labute approximate surface area is 101 Å². The molecule has 4 heteroatoms. The van der Waals surface area contributed by atoms with E-state index < -0.39 is 0 Å². The Morgan fingerprint density at radius 2 is 2.25 bits per heavy atom. The molecule has 0 amide bonds. The fourth-order valence-electron chi connectivity index (χ4n) is 1.54. The number of ether oxygens (including phenoxy) is 1. The second-order valence-corrected chi connectivity index (χ2v) is 5.31. The molecule has 88 valence electrons. The van der Waals surface area contributed by atoms with Gasteiger partial charge in [0.1, 0.15) is 0 Å². The Kier molecular flexibility index (Phi) is 5.95. The number of methoxy groups -OCH3 is 1. The van der Waals surface area contributed by atoms with Crippen LogP contribution in [0.1, 0.15) is 35.7 Å². The van der Waals surface area contributed by atoms with Crippen LogP contribution in [0.3, 0.4) is 0 Å². The maximum Gasteiger partial charge on any atom is 0.338 e. The first-order chi connectivity index (χ1) is 7.72. The molecule has 1 rings (SSSR count). The lowest BCUT2D eigenvalue weighted by atomic mass is 10.1. The van der Waals surface area contributed by atoms with Gasteiger partial charge in [0.05, 0.1) is 12.7 Å². The van der Waals surface area contributed by atoms with E-state index in [2.05, 4.69) is 21.9 Å². The SMILES string of the molecule is CCCCc1ccc(C(=O)OC)c(PP)c1. The van der Waals surface area contributed by atoms with E-state index >= 15 is 0 Å². The lowest BCUT2D eigenvalue weighted by molar-refractivity contribution is 0.0602. The van der Waals surface area contributed by atoms with Crippen LogP contribution >= 0.6 is 17.2 Å². The highest BCUT2D eigenvalue weighted by Crippen LogP contribution is 2.23. The highest BCUT2D eigenvalue weighted by Gasteiger charge is 2.10. The number of aryl methyl sites for hydroxylation is 1. The predicted molar refractivity (Wildman–Crippen MR) is 74.1 cm³/mol. The summed E-state index contributed by atoms with van der Waals surface area (Å²) in [6.45, 7) is 2.18. The van der Waals surface area contributed by atoms with Gasteiger partial charge in [-0.05, 0) is 29.8 Å². The Balaban J connectivity index is 2.92. The largest absolute Gasteiger partial charge is 0.465 e. The summed E-state index contributed by atoms with van der Waals surface area (Å²) in [5, 5.41) is 1.07. The number of unbranched alkanes of at least 4 members (excludes halogenated alkanes) is 1. The summed E-state index contributed by atoms with van der Waals surface area (Å²) in [7, 11) is 4.65. The Bertz CT molecular complexity index is 364. The van der Waals surface area contributed by atoms with E-state index in [0.717, 1.165) is 11.7 Å². The first kappa shape index (κ1) is 13.6. The summed E-state index contributed by atoms with van der Waals surface area (Å²) in [5.74, 6) is -0.244. The topological polar surface area (TPSA) is 26.3 Å². The maximum absolute atomic E-state index is 11.5. The minimum atomic E-state index is -0.244. The Morgan fingerprint density at radius 3 is 2.81 bits per heavy atom. The number of rotatable bonds is 5. The molecule has 2 atom stereocenters. The van der Waals surface area contributed by atoms with Gasteiger partial charge in [0.25, 0.3) is 0 Å². The fourth-order valence-corrected chi connectivity index (χ4v) is 2.86. The van der Waals surface area contributed by atoms with Crippen LogP contribution in [0.2, 0.25) is 0 Å². The zero-order chi connectivity index (χ0) is 12.0. The molecule has 2 unspecified atom stereocenters. The standard InChI is InChI=1S/C12H18O2P2/c1-3-4-5-9-6-7-10(12(13)14-2)11(8-9)16-15/h6-8,16H,3-5,15H2,1-2H3. The minimum absolute atomic E-state index is 0.244. The van der Waals surface area contributed by atoms with Crippen molar-refractivity contribution in [1.29, 1.82) is 0 Å².